The Morgan fingerprint density at radius 1 is 1.33 bits per heavy atom. The van der Waals surface area contributed by atoms with Crippen LogP contribution in [0.3, 0.4) is 0 Å². The monoisotopic (exact) mass is 309 g/mol. The lowest BCUT2D eigenvalue weighted by Gasteiger charge is -2.27. The van der Waals surface area contributed by atoms with E-state index in [2.05, 4.69) is 36.3 Å². The third kappa shape index (κ3) is 6.42. The minimum absolute atomic E-state index is 0.353. The number of carboxylic acid groups (broad SMARTS) is 1. The van der Waals surface area contributed by atoms with Crippen molar-refractivity contribution in [2.75, 3.05) is 24.2 Å². The van der Waals surface area contributed by atoms with E-state index in [0.29, 0.717) is 6.54 Å². The van der Waals surface area contributed by atoms with Gasteiger partial charge in [0.25, 0.3) is 0 Å². The number of hydrogen-bond donors (Lipinski definition) is 1. The van der Waals surface area contributed by atoms with Crippen LogP contribution in [0.4, 0.5) is 5.69 Å². The second-order valence-corrected chi connectivity index (χ2v) is 6.33. The van der Waals surface area contributed by atoms with Crippen molar-refractivity contribution in [3.63, 3.8) is 0 Å². The van der Waals surface area contributed by atoms with Crippen molar-refractivity contribution < 1.29 is 9.90 Å². The standard InChI is InChI=1S/C17H27NO2S/c1-4-5-6-7-11-18(13-14(2)17(19)20)15-9-8-10-16(12-15)21-3/h8-10,12,14H,4-7,11,13H2,1-3H3,(H,19,20). The van der Waals surface area contributed by atoms with E-state index in [1.807, 2.05) is 6.07 Å². The number of thioether (sulfide) groups is 1. The summed E-state index contributed by atoms with van der Waals surface area (Å²) in [7, 11) is 0. The number of aliphatic carboxylic acids is 1. The number of anilines is 1. The quantitative estimate of drug-likeness (QED) is 0.510. The minimum Gasteiger partial charge on any atom is -0.481 e. The molecule has 0 heterocycles. The van der Waals surface area contributed by atoms with Gasteiger partial charge in [-0.25, -0.2) is 0 Å². The van der Waals surface area contributed by atoms with Crippen LogP contribution in [-0.4, -0.2) is 30.4 Å². The lowest BCUT2D eigenvalue weighted by Crippen LogP contribution is -2.32. The molecular weight excluding hydrogens is 282 g/mol. The molecule has 21 heavy (non-hydrogen) atoms. The molecule has 0 amide bonds. The van der Waals surface area contributed by atoms with Crippen LogP contribution in [0.1, 0.15) is 39.5 Å². The molecule has 3 nitrogen and oxygen atoms in total. The molecule has 0 aromatic heterocycles. The third-order valence-electron chi connectivity index (χ3n) is 3.62. The molecule has 0 fully saturated rings. The first-order chi connectivity index (χ1) is 10.1. The maximum atomic E-state index is 11.1. The van der Waals surface area contributed by atoms with Crippen LogP contribution in [0.25, 0.3) is 0 Å². The van der Waals surface area contributed by atoms with Gasteiger partial charge in [0.05, 0.1) is 5.92 Å². The zero-order valence-corrected chi connectivity index (χ0v) is 14.2. The molecule has 0 spiro atoms. The van der Waals surface area contributed by atoms with E-state index in [4.69, 9.17) is 5.11 Å². The first kappa shape index (κ1) is 17.9. The first-order valence-corrected chi connectivity index (χ1v) is 8.92. The Kier molecular flexibility index (Phi) is 8.28. The van der Waals surface area contributed by atoms with Gasteiger partial charge in [-0.05, 0) is 30.9 Å². The second-order valence-electron chi connectivity index (χ2n) is 5.45. The van der Waals surface area contributed by atoms with Gasteiger partial charge in [-0.2, -0.15) is 0 Å². The number of carbonyl (C=O) groups is 1. The summed E-state index contributed by atoms with van der Waals surface area (Å²) >= 11 is 1.71. The van der Waals surface area contributed by atoms with E-state index in [9.17, 15) is 4.79 Å². The summed E-state index contributed by atoms with van der Waals surface area (Å²) < 4.78 is 0. The van der Waals surface area contributed by atoms with Gasteiger partial charge >= 0.3 is 5.97 Å². The third-order valence-corrected chi connectivity index (χ3v) is 4.34. The van der Waals surface area contributed by atoms with Crippen molar-refractivity contribution in [1.82, 2.24) is 0 Å². The Morgan fingerprint density at radius 3 is 2.71 bits per heavy atom. The lowest BCUT2D eigenvalue weighted by molar-refractivity contribution is -0.140. The fourth-order valence-corrected chi connectivity index (χ4v) is 2.72. The fourth-order valence-electron chi connectivity index (χ4n) is 2.27. The first-order valence-electron chi connectivity index (χ1n) is 7.70. The van der Waals surface area contributed by atoms with Crippen LogP contribution in [0, 0.1) is 5.92 Å². The average molecular weight is 309 g/mol. The Morgan fingerprint density at radius 2 is 2.10 bits per heavy atom. The molecule has 1 rings (SSSR count). The van der Waals surface area contributed by atoms with Crippen molar-refractivity contribution in [2.24, 2.45) is 5.92 Å². The number of unbranched alkanes of at least 4 members (excludes halogenated alkanes) is 3. The van der Waals surface area contributed by atoms with Crippen molar-refractivity contribution in [2.45, 2.75) is 44.4 Å². The smallest absolute Gasteiger partial charge is 0.308 e. The summed E-state index contributed by atoms with van der Waals surface area (Å²) in [5, 5.41) is 9.16. The summed E-state index contributed by atoms with van der Waals surface area (Å²) in [6, 6.07) is 8.36. The number of nitrogens with zero attached hydrogens (tertiary/aromatic N) is 1. The Labute approximate surface area is 132 Å². The van der Waals surface area contributed by atoms with E-state index in [-0.39, 0.29) is 5.92 Å². The molecule has 1 N–H and O–H groups in total. The molecule has 0 saturated carbocycles. The van der Waals surface area contributed by atoms with Crippen molar-refractivity contribution >= 4 is 23.4 Å². The maximum Gasteiger partial charge on any atom is 0.308 e. The van der Waals surface area contributed by atoms with Gasteiger partial charge in [-0.1, -0.05) is 39.2 Å². The van der Waals surface area contributed by atoms with Crippen molar-refractivity contribution in [3.8, 4) is 0 Å². The highest BCUT2D eigenvalue weighted by atomic mass is 32.2. The second kappa shape index (κ2) is 9.72. The Balaban J connectivity index is 2.76. The summed E-state index contributed by atoms with van der Waals surface area (Å²) in [5.41, 5.74) is 1.13. The number of rotatable bonds is 10. The summed E-state index contributed by atoms with van der Waals surface area (Å²) in [4.78, 5) is 14.6. The van der Waals surface area contributed by atoms with Gasteiger partial charge in [0.1, 0.15) is 0 Å². The summed E-state index contributed by atoms with van der Waals surface area (Å²) in [6.45, 7) is 5.47. The van der Waals surface area contributed by atoms with Crippen LogP contribution in [-0.2, 0) is 4.79 Å². The van der Waals surface area contributed by atoms with Gasteiger partial charge in [0.15, 0.2) is 0 Å². The van der Waals surface area contributed by atoms with E-state index in [1.165, 1.54) is 24.2 Å². The van der Waals surface area contributed by atoms with Crippen LogP contribution in [0.2, 0.25) is 0 Å². The summed E-state index contributed by atoms with van der Waals surface area (Å²) in [5.74, 6) is -1.08. The predicted octanol–water partition coefficient (Wildman–Crippen LogP) is 4.52. The van der Waals surface area contributed by atoms with Crippen LogP contribution >= 0.6 is 11.8 Å². The molecular formula is C17H27NO2S. The molecule has 1 aromatic carbocycles. The van der Waals surface area contributed by atoms with Crippen LogP contribution in [0.15, 0.2) is 29.2 Å². The molecule has 0 aliphatic heterocycles. The average Bonchev–Trinajstić information content (AvgIpc) is 2.50. The number of benzene rings is 1. The summed E-state index contributed by atoms with van der Waals surface area (Å²) in [6.07, 6.45) is 6.84. The number of carboxylic acids is 1. The van der Waals surface area contributed by atoms with Gasteiger partial charge in [0, 0.05) is 23.7 Å². The largest absolute Gasteiger partial charge is 0.481 e. The molecule has 0 saturated heterocycles. The molecule has 1 aromatic rings. The Hall–Kier alpha value is -1.16. The SMILES string of the molecule is CCCCCCN(CC(C)C(=O)O)c1cccc(SC)c1. The lowest BCUT2D eigenvalue weighted by atomic mass is 10.1. The molecule has 4 heteroatoms. The molecule has 0 aliphatic carbocycles. The highest BCUT2D eigenvalue weighted by Crippen LogP contribution is 2.23. The zero-order valence-electron chi connectivity index (χ0n) is 13.3. The van der Waals surface area contributed by atoms with E-state index >= 15 is 0 Å². The van der Waals surface area contributed by atoms with Gasteiger partial charge < -0.3 is 10.0 Å². The van der Waals surface area contributed by atoms with Crippen LogP contribution in [0.5, 0.6) is 0 Å². The highest BCUT2D eigenvalue weighted by Gasteiger charge is 2.16. The molecule has 118 valence electrons. The minimum atomic E-state index is -0.727. The highest BCUT2D eigenvalue weighted by molar-refractivity contribution is 7.98. The zero-order chi connectivity index (χ0) is 15.7. The molecule has 0 bridgehead atoms. The van der Waals surface area contributed by atoms with Gasteiger partial charge in [-0.3, -0.25) is 4.79 Å². The normalized spacial score (nSPS) is 12.1. The van der Waals surface area contributed by atoms with E-state index in [0.717, 1.165) is 18.7 Å². The molecule has 1 unspecified atom stereocenters. The van der Waals surface area contributed by atoms with Crippen molar-refractivity contribution in [3.05, 3.63) is 24.3 Å². The maximum absolute atomic E-state index is 11.1. The van der Waals surface area contributed by atoms with Crippen molar-refractivity contribution in [1.29, 1.82) is 0 Å². The van der Waals surface area contributed by atoms with E-state index in [1.54, 1.807) is 18.7 Å². The topological polar surface area (TPSA) is 40.5 Å². The Bertz CT molecular complexity index is 437. The predicted molar refractivity (Wildman–Crippen MR) is 91.4 cm³/mol. The molecule has 0 radical (unpaired) electrons. The number of hydrogen-bond acceptors (Lipinski definition) is 3. The fraction of sp³-hybridized carbons (Fsp3) is 0.588. The molecule has 1 atom stereocenters. The van der Waals surface area contributed by atoms with Crippen LogP contribution < -0.4 is 4.90 Å². The van der Waals surface area contributed by atoms with Gasteiger partial charge in [0.2, 0.25) is 0 Å². The molecule has 0 aliphatic rings. The van der Waals surface area contributed by atoms with Gasteiger partial charge in [-0.15, -0.1) is 11.8 Å². The van der Waals surface area contributed by atoms with E-state index < -0.39 is 5.97 Å².